The highest BCUT2D eigenvalue weighted by molar-refractivity contribution is 6.39. The van der Waals surface area contributed by atoms with Crippen molar-refractivity contribution in [3.8, 4) is 45.3 Å². The number of hydrogen-bond donors (Lipinski definition) is 2. The number of nitrogens with zero attached hydrogens (tertiary/aromatic N) is 2. The second-order valence-corrected chi connectivity index (χ2v) is 9.43. The number of nitrogens with one attached hydrogen (secondary N) is 1. The first-order valence-electron chi connectivity index (χ1n) is 11.8. The van der Waals surface area contributed by atoms with Crippen LogP contribution in [0.5, 0.6) is 11.6 Å². The Kier molecular flexibility index (Phi) is 8.84. The summed E-state index contributed by atoms with van der Waals surface area (Å²) in [5.41, 5.74) is 4.46. The predicted octanol–water partition coefficient (Wildman–Crippen LogP) is 6.59. The van der Waals surface area contributed by atoms with Gasteiger partial charge in [-0.2, -0.15) is 0 Å². The molecule has 0 spiro atoms. The van der Waals surface area contributed by atoms with Crippen molar-refractivity contribution in [2.75, 3.05) is 20.8 Å². The summed E-state index contributed by atoms with van der Waals surface area (Å²) in [4.78, 5) is 8.95. The van der Waals surface area contributed by atoms with Crippen molar-refractivity contribution in [3.05, 3.63) is 88.6 Å². The molecule has 6 nitrogen and oxygen atoms in total. The van der Waals surface area contributed by atoms with E-state index < -0.39 is 11.9 Å². The van der Waals surface area contributed by atoms with E-state index >= 15 is 4.39 Å². The second kappa shape index (κ2) is 12.1. The number of aliphatic hydroxyl groups is 1. The number of ether oxygens (including phenoxy) is 2. The molecule has 2 aromatic carbocycles. The minimum Gasteiger partial charge on any atom is -0.496 e. The zero-order valence-corrected chi connectivity index (χ0v) is 22.7. The van der Waals surface area contributed by atoms with E-state index in [1.54, 1.807) is 25.3 Å². The minimum absolute atomic E-state index is 0.192. The SMILES string of the molecule is [CH2]c1ccc(-c2cccc(-c3ccnc(-c4cc(F)c(CNC[C@@H](C)O)c(OC)c4)c3Cl)c2Cl)nc1OC. The molecule has 4 aromatic rings. The molecule has 2 N–H and O–H groups in total. The first-order chi connectivity index (χ1) is 18.2. The number of hydrogen-bond acceptors (Lipinski definition) is 6. The van der Waals surface area contributed by atoms with Crippen molar-refractivity contribution >= 4 is 23.2 Å². The third-order valence-corrected chi connectivity index (χ3v) is 6.77. The highest BCUT2D eigenvalue weighted by Crippen LogP contribution is 2.42. The zero-order chi connectivity index (χ0) is 27.4. The van der Waals surface area contributed by atoms with Crippen LogP contribution in [0, 0.1) is 12.7 Å². The van der Waals surface area contributed by atoms with Crippen LogP contribution < -0.4 is 14.8 Å². The summed E-state index contributed by atoms with van der Waals surface area (Å²) >= 11 is 13.7. The molecule has 1 atom stereocenters. The van der Waals surface area contributed by atoms with Gasteiger partial charge in [0.05, 0.1) is 41.8 Å². The van der Waals surface area contributed by atoms with Gasteiger partial charge in [-0.05, 0) is 38.1 Å². The summed E-state index contributed by atoms with van der Waals surface area (Å²) in [6.45, 7) is 6.08. The van der Waals surface area contributed by atoms with Crippen LogP contribution in [0.4, 0.5) is 4.39 Å². The van der Waals surface area contributed by atoms with E-state index in [9.17, 15) is 5.11 Å². The van der Waals surface area contributed by atoms with Gasteiger partial charge in [0.25, 0.3) is 0 Å². The lowest BCUT2D eigenvalue weighted by atomic mass is 9.99. The maximum absolute atomic E-state index is 15.2. The molecule has 1 radical (unpaired) electrons. The lowest BCUT2D eigenvalue weighted by Crippen LogP contribution is -2.24. The summed E-state index contributed by atoms with van der Waals surface area (Å²) in [5.74, 6) is 0.276. The largest absolute Gasteiger partial charge is 0.496 e. The van der Waals surface area contributed by atoms with Crippen molar-refractivity contribution in [2.24, 2.45) is 0 Å². The Bertz CT molecular complexity index is 1460. The maximum Gasteiger partial charge on any atom is 0.216 e. The smallest absolute Gasteiger partial charge is 0.216 e. The third kappa shape index (κ3) is 5.76. The number of benzene rings is 2. The molecular formula is C29H27Cl2FN3O3. The Labute approximate surface area is 231 Å². The van der Waals surface area contributed by atoms with Gasteiger partial charge < -0.3 is 19.9 Å². The van der Waals surface area contributed by atoms with Crippen molar-refractivity contribution in [1.29, 1.82) is 0 Å². The van der Waals surface area contributed by atoms with Crippen molar-refractivity contribution < 1.29 is 19.0 Å². The van der Waals surface area contributed by atoms with Gasteiger partial charge in [-0.15, -0.1) is 0 Å². The summed E-state index contributed by atoms with van der Waals surface area (Å²) < 4.78 is 25.9. The van der Waals surface area contributed by atoms with Gasteiger partial charge >= 0.3 is 0 Å². The Morgan fingerprint density at radius 3 is 2.47 bits per heavy atom. The van der Waals surface area contributed by atoms with Crippen LogP contribution in [0.25, 0.3) is 33.6 Å². The number of halogens is 3. The molecule has 0 saturated heterocycles. The van der Waals surface area contributed by atoms with E-state index in [-0.39, 0.29) is 6.54 Å². The Hall–Kier alpha value is -3.23. The number of rotatable bonds is 9. The first-order valence-corrected chi connectivity index (χ1v) is 12.6. The van der Waals surface area contributed by atoms with E-state index in [0.717, 1.165) is 0 Å². The van der Waals surface area contributed by atoms with E-state index in [2.05, 4.69) is 22.2 Å². The third-order valence-electron chi connectivity index (χ3n) is 5.98. The van der Waals surface area contributed by atoms with Gasteiger partial charge in [-0.25, -0.2) is 9.37 Å². The van der Waals surface area contributed by atoms with Gasteiger partial charge in [-0.3, -0.25) is 4.98 Å². The number of pyridine rings is 2. The van der Waals surface area contributed by atoms with Crippen LogP contribution in [-0.2, 0) is 6.54 Å². The fourth-order valence-corrected chi connectivity index (χ4v) is 4.74. The molecule has 0 fully saturated rings. The van der Waals surface area contributed by atoms with Crippen LogP contribution in [0.3, 0.4) is 0 Å². The predicted molar refractivity (Wildman–Crippen MR) is 149 cm³/mol. The average molecular weight is 555 g/mol. The molecule has 0 saturated carbocycles. The molecule has 9 heteroatoms. The summed E-state index contributed by atoms with van der Waals surface area (Å²) in [5, 5.41) is 13.2. The van der Waals surface area contributed by atoms with Gasteiger partial charge in [0.15, 0.2) is 0 Å². The van der Waals surface area contributed by atoms with E-state index in [0.29, 0.717) is 73.0 Å². The number of methoxy groups -OCH3 is 2. The quantitative estimate of drug-likeness (QED) is 0.243. The highest BCUT2D eigenvalue weighted by atomic mass is 35.5. The van der Waals surface area contributed by atoms with Crippen LogP contribution in [0.2, 0.25) is 10.0 Å². The van der Waals surface area contributed by atoms with E-state index in [1.807, 2.05) is 30.3 Å². The van der Waals surface area contributed by atoms with E-state index in [1.165, 1.54) is 20.3 Å². The molecule has 197 valence electrons. The Morgan fingerprint density at radius 2 is 1.76 bits per heavy atom. The highest BCUT2D eigenvalue weighted by Gasteiger charge is 2.20. The fraction of sp³-hybridized carbons (Fsp3) is 0.207. The standard InChI is InChI=1S/C29H27Cl2FN3O3/c1-16-8-9-24(35-29(16)38-4)21-7-5-6-19(26(21)30)20-10-11-34-28(27(20)31)18-12-23(32)22(25(13-18)37-3)15-33-14-17(2)36/h5-13,17,33,36H,1,14-15H2,2-4H3/t17-/m1/s1. The lowest BCUT2D eigenvalue weighted by Gasteiger charge is -2.16. The van der Waals surface area contributed by atoms with Gasteiger partial charge in [0, 0.05) is 52.7 Å². The zero-order valence-electron chi connectivity index (χ0n) is 21.2. The van der Waals surface area contributed by atoms with Crippen molar-refractivity contribution in [3.63, 3.8) is 0 Å². The van der Waals surface area contributed by atoms with E-state index in [4.69, 9.17) is 32.7 Å². The number of aliphatic hydroxyl groups excluding tert-OH is 1. The van der Waals surface area contributed by atoms with Gasteiger partial charge in [0.2, 0.25) is 5.88 Å². The molecule has 0 aliphatic rings. The Morgan fingerprint density at radius 1 is 1.03 bits per heavy atom. The monoisotopic (exact) mass is 554 g/mol. The lowest BCUT2D eigenvalue weighted by molar-refractivity contribution is 0.190. The second-order valence-electron chi connectivity index (χ2n) is 8.67. The molecule has 0 aliphatic carbocycles. The van der Waals surface area contributed by atoms with Crippen LogP contribution in [-0.4, -0.2) is 41.9 Å². The van der Waals surface area contributed by atoms with Crippen molar-refractivity contribution in [1.82, 2.24) is 15.3 Å². The topological polar surface area (TPSA) is 76.5 Å². The maximum atomic E-state index is 15.2. The Balaban J connectivity index is 1.76. The molecule has 2 heterocycles. The summed E-state index contributed by atoms with van der Waals surface area (Å²) in [6, 6.07) is 14.0. The molecule has 0 amide bonds. The fourth-order valence-electron chi connectivity index (χ4n) is 4.09. The summed E-state index contributed by atoms with van der Waals surface area (Å²) in [6.07, 6.45) is 1.04. The molecular weight excluding hydrogens is 528 g/mol. The van der Waals surface area contributed by atoms with Crippen LogP contribution >= 0.6 is 23.2 Å². The van der Waals surface area contributed by atoms with Crippen molar-refractivity contribution in [2.45, 2.75) is 19.6 Å². The molecule has 0 unspecified atom stereocenters. The first kappa shape index (κ1) is 27.8. The molecule has 0 aliphatic heterocycles. The van der Waals surface area contributed by atoms with Crippen LogP contribution in [0.15, 0.2) is 54.7 Å². The van der Waals surface area contributed by atoms with Gasteiger partial charge in [-0.1, -0.05) is 47.5 Å². The average Bonchev–Trinajstić information content (AvgIpc) is 2.90. The molecule has 0 bridgehead atoms. The minimum atomic E-state index is -0.555. The molecule has 2 aromatic heterocycles. The summed E-state index contributed by atoms with van der Waals surface area (Å²) in [7, 11) is 3.01. The van der Waals surface area contributed by atoms with Gasteiger partial charge in [0.1, 0.15) is 11.6 Å². The number of aromatic nitrogens is 2. The molecule has 38 heavy (non-hydrogen) atoms. The van der Waals surface area contributed by atoms with Crippen LogP contribution in [0.1, 0.15) is 18.1 Å². The normalized spacial score (nSPS) is 11.9. The molecule has 4 rings (SSSR count).